The molecule has 1 aliphatic heterocycles. The van der Waals surface area contributed by atoms with Gasteiger partial charge in [-0.25, -0.2) is 4.39 Å². The summed E-state index contributed by atoms with van der Waals surface area (Å²) in [4.78, 5) is 29.1. The van der Waals surface area contributed by atoms with Crippen LogP contribution in [-0.2, 0) is 11.0 Å². The number of nitrogens with one attached hydrogen (secondary N) is 1. The largest absolute Gasteiger partial charge is 0.490 e. The molecule has 5 rings (SSSR count). The normalized spacial score (nSPS) is 19.5. The molecule has 3 aromatic carbocycles. The number of benzene rings is 3. The second kappa shape index (κ2) is 12.2. The third kappa shape index (κ3) is 6.30. The van der Waals surface area contributed by atoms with Crippen LogP contribution < -0.4 is 10.1 Å². The first-order valence-corrected chi connectivity index (χ1v) is 14.3. The lowest BCUT2D eigenvalue weighted by Crippen LogP contribution is -2.46. The average molecular weight is 583 g/mol. The molecule has 222 valence electrons. The highest BCUT2D eigenvalue weighted by Gasteiger charge is 2.41. The van der Waals surface area contributed by atoms with Crippen LogP contribution in [0.4, 0.5) is 23.2 Å². The minimum atomic E-state index is -4.57. The monoisotopic (exact) mass is 582 g/mol. The molecule has 0 aromatic heterocycles. The van der Waals surface area contributed by atoms with Crippen molar-refractivity contribution in [2.75, 3.05) is 11.9 Å². The van der Waals surface area contributed by atoms with E-state index in [2.05, 4.69) is 5.32 Å². The Morgan fingerprint density at radius 3 is 2.29 bits per heavy atom. The Morgan fingerprint density at radius 2 is 1.62 bits per heavy atom. The maximum Gasteiger partial charge on any atom is 0.416 e. The first-order valence-electron chi connectivity index (χ1n) is 14.3. The molecule has 1 aliphatic carbocycles. The van der Waals surface area contributed by atoms with Crippen molar-refractivity contribution in [1.82, 2.24) is 4.90 Å². The number of halogens is 4. The van der Waals surface area contributed by atoms with Gasteiger partial charge in [0.1, 0.15) is 11.6 Å². The van der Waals surface area contributed by atoms with Gasteiger partial charge in [0.15, 0.2) is 0 Å². The van der Waals surface area contributed by atoms with E-state index in [0.717, 1.165) is 31.7 Å². The highest BCUT2D eigenvalue weighted by Crippen LogP contribution is 2.40. The summed E-state index contributed by atoms with van der Waals surface area (Å²) in [7, 11) is 0. The summed E-state index contributed by atoms with van der Waals surface area (Å²) in [6.45, 7) is 3.31. The van der Waals surface area contributed by atoms with Crippen molar-refractivity contribution in [3.8, 4) is 5.75 Å². The molecule has 3 aromatic rings. The van der Waals surface area contributed by atoms with Crippen molar-refractivity contribution in [3.63, 3.8) is 0 Å². The van der Waals surface area contributed by atoms with E-state index in [9.17, 15) is 27.2 Å². The number of alkyl halides is 3. The second-order valence-electron chi connectivity index (χ2n) is 11.2. The van der Waals surface area contributed by atoms with Crippen LogP contribution in [0.25, 0.3) is 0 Å². The van der Waals surface area contributed by atoms with Crippen LogP contribution in [-0.4, -0.2) is 29.4 Å². The number of nitrogens with zero attached hydrogens (tertiary/aromatic N) is 1. The molecule has 1 N–H and O–H groups in total. The smallest absolute Gasteiger partial charge is 0.416 e. The number of piperidine rings is 1. The lowest BCUT2D eigenvalue weighted by molar-refractivity contribution is -0.138. The van der Waals surface area contributed by atoms with Gasteiger partial charge in [-0.3, -0.25) is 9.59 Å². The Kier molecular flexibility index (Phi) is 8.57. The van der Waals surface area contributed by atoms with Crippen LogP contribution in [0.3, 0.4) is 0 Å². The van der Waals surface area contributed by atoms with Gasteiger partial charge in [-0.05, 0) is 99.4 Å². The fourth-order valence-corrected chi connectivity index (χ4v) is 6.14. The number of aryl methyl sites for hydroxylation is 2. The average Bonchev–Trinajstić information content (AvgIpc) is 3.46. The van der Waals surface area contributed by atoms with Gasteiger partial charge in [-0.1, -0.05) is 30.3 Å². The fourth-order valence-electron chi connectivity index (χ4n) is 6.14. The van der Waals surface area contributed by atoms with Crippen LogP contribution in [0, 0.1) is 25.6 Å². The number of likely N-dealkylation sites (tertiary alicyclic amines) is 1. The SMILES string of the molecule is Cc1ccc(NC(=O)C2CCCN(C(=O)c3c(C)cccc3F)[C@H]2c2ccc(OC3CCCC3)cc2)cc1C(F)(F)F. The molecule has 2 fully saturated rings. The molecule has 0 bridgehead atoms. The van der Waals surface area contributed by atoms with Crippen molar-refractivity contribution in [1.29, 1.82) is 0 Å². The lowest BCUT2D eigenvalue weighted by atomic mass is 9.83. The fraction of sp³-hybridized carbons (Fsp3) is 0.394. The van der Waals surface area contributed by atoms with E-state index in [0.29, 0.717) is 36.3 Å². The summed E-state index contributed by atoms with van der Waals surface area (Å²) < 4.78 is 61.6. The maximum atomic E-state index is 14.9. The Morgan fingerprint density at radius 1 is 0.905 bits per heavy atom. The number of hydrogen-bond donors (Lipinski definition) is 1. The Hall–Kier alpha value is -3.88. The molecule has 0 radical (unpaired) electrons. The van der Waals surface area contributed by atoms with Crippen molar-refractivity contribution in [2.24, 2.45) is 5.92 Å². The van der Waals surface area contributed by atoms with E-state index in [1.54, 1.807) is 13.0 Å². The van der Waals surface area contributed by atoms with Crippen molar-refractivity contribution < 1.29 is 31.9 Å². The Balaban J connectivity index is 1.48. The van der Waals surface area contributed by atoms with Crippen molar-refractivity contribution >= 4 is 17.5 Å². The molecule has 1 saturated heterocycles. The Labute approximate surface area is 242 Å². The summed E-state index contributed by atoms with van der Waals surface area (Å²) in [5, 5.41) is 2.66. The van der Waals surface area contributed by atoms with Crippen LogP contribution in [0.15, 0.2) is 60.7 Å². The highest BCUT2D eigenvalue weighted by molar-refractivity contribution is 5.98. The molecule has 0 spiro atoms. The lowest BCUT2D eigenvalue weighted by Gasteiger charge is -2.41. The van der Waals surface area contributed by atoms with E-state index < -0.39 is 41.3 Å². The summed E-state index contributed by atoms with van der Waals surface area (Å²) in [6, 6.07) is 14.6. The topological polar surface area (TPSA) is 58.6 Å². The maximum absolute atomic E-state index is 14.9. The molecular formula is C33H34F4N2O3. The van der Waals surface area contributed by atoms with Crippen LogP contribution in [0.5, 0.6) is 5.75 Å². The van der Waals surface area contributed by atoms with Gasteiger partial charge in [0.25, 0.3) is 5.91 Å². The molecule has 9 heteroatoms. The molecule has 42 heavy (non-hydrogen) atoms. The third-order valence-electron chi connectivity index (χ3n) is 8.30. The number of carbonyl (C=O) groups excluding carboxylic acids is 2. The van der Waals surface area contributed by atoms with Gasteiger partial charge in [0.05, 0.1) is 29.2 Å². The number of anilines is 1. The summed E-state index contributed by atoms with van der Waals surface area (Å²) >= 11 is 0. The van der Waals surface area contributed by atoms with Gasteiger partial charge in [0, 0.05) is 12.2 Å². The molecular weight excluding hydrogens is 548 g/mol. The second-order valence-corrected chi connectivity index (χ2v) is 11.2. The minimum Gasteiger partial charge on any atom is -0.490 e. The number of rotatable bonds is 6. The molecule has 2 atom stereocenters. The first-order chi connectivity index (χ1) is 20.0. The zero-order chi connectivity index (χ0) is 30.0. The van der Waals surface area contributed by atoms with E-state index in [1.165, 1.54) is 36.1 Å². The minimum absolute atomic E-state index is 0.0189. The number of ether oxygens (including phenoxy) is 1. The van der Waals surface area contributed by atoms with Gasteiger partial charge in [-0.15, -0.1) is 0 Å². The highest BCUT2D eigenvalue weighted by atomic mass is 19.4. The van der Waals surface area contributed by atoms with E-state index in [1.807, 2.05) is 24.3 Å². The Bertz CT molecular complexity index is 1430. The van der Waals surface area contributed by atoms with Crippen LogP contribution >= 0.6 is 0 Å². The van der Waals surface area contributed by atoms with Gasteiger partial charge < -0.3 is 15.0 Å². The summed E-state index contributed by atoms with van der Waals surface area (Å²) in [6.07, 6.45) is 0.688. The van der Waals surface area contributed by atoms with Crippen LogP contribution in [0.1, 0.15) is 77.2 Å². The van der Waals surface area contributed by atoms with E-state index >= 15 is 0 Å². The molecule has 5 nitrogen and oxygen atoms in total. The summed E-state index contributed by atoms with van der Waals surface area (Å²) in [5.41, 5.74) is 0.322. The van der Waals surface area contributed by atoms with Gasteiger partial charge in [-0.2, -0.15) is 13.2 Å². The number of amides is 2. The van der Waals surface area contributed by atoms with E-state index in [4.69, 9.17) is 4.74 Å². The predicted molar refractivity (Wildman–Crippen MR) is 152 cm³/mol. The predicted octanol–water partition coefficient (Wildman–Crippen LogP) is 8.01. The van der Waals surface area contributed by atoms with Gasteiger partial charge >= 0.3 is 6.18 Å². The van der Waals surface area contributed by atoms with E-state index in [-0.39, 0.29) is 22.9 Å². The third-order valence-corrected chi connectivity index (χ3v) is 8.30. The molecule has 1 unspecified atom stereocenters. The zero-order valence-electron chi connectivity index (χ0n) is 23.6. The molecule has 2 aliphatic rings. The number of hydrogen-bond acceptors (Lipinski definition) is 3. The van der Waals surface area contributed by atoms with Gasteiger partial charge in [0.2, 0.25) is 5.91 Å². The van der Waals surface area contributed by atoms with Crippen molar-refractivity contribution in [3.05, 3.63) is 94.3 Å². The molecule has 2 amide bonds. The summed E-state index contributed by atoms with van der Waals surface area (Å²) in [5.74, 6) is -1.79. The standard InChI is InChI=1S/C33H34F4N2O3/c1-20-12-15-23(19-27(20)33(35,36)37)38-31(40)26-10-6-18-39(32(41)29-21(2)7-5-11-28(29)34)30(26)22-13-16-25(17-14-22)42-24-8-3-4-9-24/h5,7,11-17,19,24,26,30H,3-4,6,8-10,18H2,1-2H3,(H,38,40)/t26?,30-/m0/s1. The zero-order valence-corrected chi connectivity index (χ0v) is 23.6. The quantitative estimate of drug-likeness (QED) is 0.300. The van der Waals surface area contributed by atoms with Crippen molar-refractivity contribution in [2.45, 2.75) is 70.7 Å². The molecule has 1 saturated carbocycles. The van der Waals surface area contributed by atoms with Crippen LogP contribution in [0.2, 0.25) is 0 Å². The number of carbonyl (C=O) groups is 2. The first kappa shape index (κ1) is 29.6. The molecule has 1 heterocycles.